The lowest BCUT2D eigenvalue weighted by atomic mass is 9.75. The number of thiophene rings is 1. The van der Waals surface area contributed by atoms with E-state index in [4.69, 9.17) is 0 Å². The molecule has 0 unspecified atom stereocenters. The molecule has 5 nitrogen and oxygen atoms in total. The van der Waals surface area contributed by atoms with Crippen LogP contribution >= 0.6 is 11.3 Å². The molecular formula is C15H19N3O2S. The molecule has 1 N–H and O–H groups in total. The summed E-state index contributed by atoms with van der Waals surface area (Å²) in [6.45, 7) is 3.54. The average Bonchev–Trinajstić information content (AvgIpc) is 2.96. The van der Waals surface area contributed by atoms with Gasteiger partial charge in [0.2, 0.25) is 0 Å². The van der Waals surface area contributed by atoms with Crippen LogP contribution < -0.4 is 4.90 Å². The maximum Gasteiger partial charge on any atom is 0.309 e. The molecule has 112 valence electrons. The molecule has 2 aromatic rings. The van der Waals surface area contributed by atoms with Gasteiger partial charge < -0.3 is 10.0 Å². The molecule has 0 saturated carbocycles. The Kier molecular flexibility index (Phi) is 3.80. The summed E-state index contributed by atoms with van der Waals surface area (Å²) in [5.41, 5.74) is 0.418. The topological polar surface area (TPSA) is 66.3 Å². The molecule has 1 aliphatic rings. The Morgan fingerprint density at radius 1 is 1.43 bits per heavy atom. The predicted molar refractivity (Wildman–Crippen MR) is 83.8 cm³/mol. The second-order valence-electron chi connectivity index (χ2n) is 5.65. The van der Waals surface area contributed by atoms with Crippen LogP contribution in [-0.4, -0.2) is 34.1 Å². The number of anilines is 1. The Labute approximate surface area is 127 Å². The summed E-state index contributed by atoms with van der Waals surface area (Å²) in [7, 11) is 0. The maximum absolute atomic E-state index is 11.6. The second-order valence-corrected chi connectivity index (χ2v) is 6.57. The number of carboxylic acid groups (broad SMARTS) is 1. The number of rotatable bonds is 4. The third-order valence-electron chi connectivity index (χ3n) is 4.43. The highest BCUT2D eigenvalue weighted by molar-refractivity contribution is 7.17. The highest BCUT2D eigenvalue weighted by Gasteiger charge is 2.41. The summed E-state index contributed by atoms with van der Waals surface area (Å²) in [5.74, 6) is 0.304. The monoisotopic (exact) mass is 305 g/mol. The molecule has 6 heteroatoms. The molecule has 3 rings (SSSR count). The van der Waals surface area contributed by atoms with Crippen molar-refractivity contribution in [2.45, 2.75) is 32.6 Å². The van der Waals surface area contributed by atoms with E-state index >= 15 is 0 Å². The summed E-state index contributed by atoms with van der Waals surface area (Å²) < 4.78 is 1.09. The van der Waals surface area contributed by atoms with Gasteiger partial charge in [-0.1, -0.05) is 13.3 Å². The van der Waals surface area contributed by atoms with Gasteiger partial charge in [-0.15, -0.1) is 11.3 Å². The number of hydrogen-bond donors (Lipinski definition) is 1. The van der Waals surface area contributed by atoms with Crippen LogP contribution in [-0.2, 0) is 4.79 Å². The molecule has 21 heavy (non-hydrogen) atoms. The van der Waals surface area contributed by atoms with Crippen molar-refractivity contribution in [3.05, 3.63) is 17.8 Å². The molecule has 2 aromatic heterocycles. The van der Waals surface area contributed by atoms with Crippen molar-refractivity contribution in [1.29, 1.82) is 0 Å². The lowest BCUT2D eigenvalue weighted by molar-refractivity contribution is -0.150. The fourth-order valence-corrected chi connectivity index (χ4v) is 4.06. The summed E-state index contributed by atoms with van der Waals surface area (Å²) in [5, 5.41) is 11.6. The Bertz CT molecular complexity index is 647. The van der Waals surface area contributed by atoms with Gasteiger partial charge in [0.1, 0.15) is 12.1 Å². The van der Waals surface area contributed by atoms with E-state index in [1.54, 1.807) is 17.7 Å². The summed E-state index contributed by atoms with van der Waals surface area (Å²) in [6.07, 6.45) is 4.64. The summed E-state index contributed by atoms with van der Waals surface area (Å²) >= 11 is 1.64. The first kappa shape index (κ1) is 14.3. The van der Waals surface area contributed by atoms with E-state index in [9.17, 15) is 9.90 Å². The van der Waals surface area contributed by atoms with Crippen LogP contribution in [0, 0.1) is 5.41 Å². The Balaban J connectivity index is 1.82. The molecule has 1 fully saturated rings. The van der Waals surface area contributed by atoms with Crippen molar-refractivity contribution in [1.82, 2.24) is 9.97 Å². The van der Waals surface area contributed by atoms with Gasteiger partial charge in [-0.05, 0) is 30.7 Å². The third kappa shape index (κ3) is 2.48. The van der Waals surface area contributed by atoms with Crippen LogP contribution in [0.15, 0.2) is 17.8 Å². The minimum Gasteiger partial charge on any atom is -0.481 e. The van der Waals surface area contributed by atoms with E-state index in [0.29, 0.717) is 12.8 Å². The van der Waals surface area contributed by atoms with E-state index in [1.165, 1.54) is 0 Å². The summed E-state index contributed by atoms with van der Waals surface area (Å²) in [4.78, 5) is 22.5. The number of hydrogen-bond acceptors (Lipinski definition) is 5. The first-order valence-corrected chi connectivity index (χ1v) is 8.21. The van der Waals surface area contributed by atoms with Gasteiger partial charge in [0.15, 0.2) is 0 Å². The van der Waals surface area contributed by atoms with E-state index in [-0.39, 0.29) is 0 Å². The maximum atomic E-state index is 11.6. The van der Waals surface area contributed by atoms with Gasteiger partial charge in [0.25, 0.3) is 0 Å². The SMILES string of the molecule is CCCC1(C(=O)O)CCN(c2ncnc3ccsc23)CC1. The van der Waals surface area contributed by atoms with Crippen molar-refractivity contribution >= 4 is 33.3 Å². The van der Waals surface area contributed by atoms with Gasteiger partial charge in [-0.25, -0.2) is 9.97 Å². The molecule has 0 radical (unpaired) electrons. The quantitative estimate of drug-likeness (QED) is 0.940. The molecule has 0 amide bonds. The van der Waals surface area contributed by atoms with Crippen LogP contribution in [0.1, 0.15) is 32.6 Å². The van der Waals surface area contributed by atoms with Gasteiger partial charge in [0.05, 0.1) is 15.6 Å². The normalized spacial score (nSPS) is 18.0. The molecule has 0 bridgehead atoms. The fourth-order valence-electron chi connectivity index (χ4n) is 3.20. The standard InChI is InChI=1S/C15H19N3O2S/c1-2-4-15(14(19)20)5-7-18(8-6-15)13-12-11(3-9-21-12)16-10-17-13/h3,9-10H,2,4-8H2,1H3,(H,19,20). The van der Waals surface area contributed by atoms with Crippen molar-refractivity contribution < 1.29 is 9.90 Å². The molecule has 1 saturated heterocycles. The zero-order chi connectivity index (χ0) is 14.9. The minimum absolute atomic E-state index is 0.549. The van der Waals surface area contributed by atoms with Crippen LogP contribution in [0.2, 0.25) is 0 Å². The zero-order valence-electron chi connectivity index (χ0n) is 12.1. The number of piperidine rings is 1. The van der Waals surface area contributed by atoms with E-state index in [0.717, 1.165) is 42.0 Å². The van der Waals surface area contributed by atoms with Gasteiger partial charge in [0, 0.05) is 13.1 Å². The van der Waals surface area contributed by atoms with E-state index in [2.05, 4.69) is 21.8 Å². The van der Waals surface area contributed by atoms with Gasteiger partial charge in [-0.3, -0.25) is 4.79 Å². The smallest absolute Gasteiger partial charge is 0.309 e. The number of fused-ring (bicyclic) bond motifs is 1. The van der Waals surface area contributed by atoms with Crippen LogP contribution in [0.4, 0.5) is 5.82 Å². The van der Waals surface area contributed by atoms with Crippen LogP contribution in [0.3, 0.4) is 0 Å². The number of carboxylic acids is 1. The van der Waals surface area contributed by atoms with Crippen LogP contribution in [0.25, 0.3) is 10.2 Å². The number of aliphatic carboxylic acids is 1. The first-order chi connectivity index (χ1) is 10.2. The highest BCUT2D eigenvalue weighted by Crippen LogP contribution is 2.39. The molecule has 0 aromatic carbocycles. The van der Waals surface area contributed by atoms with Crippen molar-refractivity contribution in [3.63, 3.8) is 0 Å². The lowest BCUT2D eigenvalue weighted by Crippen LogP contribution is -2.44. The number of carbonyl (C=O) groups is 1. The Morgan fingerprint density at radius 3 is 2.86 bits per heavy atom. The molecule has 1 aliphatic heterocycles. The van der Waals surface area contributed by atoms with Crippen molar-refractivity contribution in [2.75, 3.05) is 18.0 Å². The largest absolute Gasteiger partial charge is 0.481 e. The zero-order valence-corrected chi connectivity index (χ0v) is 12.9. The average molecular weight is 305 g/mol. The number of aromatic nitrogens is 2. The fraction of sp³-hybridized carbons (Fsp3) is 0.533. The Morgan fingerprint density at radius 2 is 2.19 bits per heavy atom. The third-order valence-corrected chi connectivity index (χ3v) is 5.33. The molecule has 3 heterocycles. The Hall–Kier alpha value is -1.69. The van der Waals surface area contributed by atoms with E-state index < -0.39 is 11.4 Å². The van der Waals surface area contributed by atoms with E-state index in [1.807, 2.05) is 11.4 Å². The lowest BCUT2D eigenvalue weighted by Gasteiger charge is -2.39. The van der Waals surface area contributed by atoms with Gasteiger partial charge in [-0.2, -0.15) is 0 Å². The second kappa shape index (κ2) is 5.60. The molecular weight excluding hydrogens is 286 g/mol. The minimum atomic E-state index is -0.645. The first-order valence-electron chi connectivity index (χ1n) is 7.33. The number of nitrogens with zero attached hydrogens (tertiary/aromatic N) is 3. The predicted octanol–water partition coefficient (Wildman–Crippen LogP) is 3.16. The highest BCUT2D eigenvalue weighted by atomic mass is 32.1. The van der Waals surface area contributed by atoms with Crippen molar-refractivity contribution in [2.24, 2.45) is 5.41 Å². The molecule has 0 aliphatic carbocycles. The molecule has 0 spiro atoms. The van der Waals surface area contributed by atoms with Crippen LogP contribution in [0.5, 0.6) is 0 Å². The summed E-state index contributed by atoms with van der Waals surface area (Å²) in [6, 6.07) is 1.99. The van der Waals surface area contributed by atoms with Crippen molar-refractivity contribution in [3.8, 4) is 0 Å². The molecule has 0 atom stereocenters. The van der Waals surface area contributed by atoms with Gasteiger partial charge >= 0.3 is 5.97 Å².